The van der Waals surface area contributed by atoms with Crippen molar-refractivity contribution >= 4 is 17.8 Å². The largest absolute Gasteiger partial charge is 0.490 e. The summed E-state index contributed by atoms with van der Waals surface area (Å²) in [4.78, 5) is 42.7. The van der Waals surface area contributed by atoms with Crippen LogP contribution in [0.2, 0.25) is 0 Å². The maximum atomic E-state index is 13.0. The van der Waals surface area contributed by atoms with E-state index >= 15 is 0 Å². The number of hydrogen-bond donors (Lipinski definition) is 1. The van der Waals surface area contributed by atoms with Crippen molar-refractivity contribution in [2.45, 2.75) is 51.1 Å². The van der Waals surface area contributed by atoms with E-state index in [2.05, 4.69) is 15.2 Å². The van der Waals surface area contributed by atoms with Crippen LogP contribution in [0.5, 0.6) is 0 Å². The van der Waals surface area contributed by atoms with Gasteiger partial charge in [-0.05, 0) is 19.9 Å². The number of piperidine rings is 1. The highest BCUT2D eigenvalue weighted by Gasteiger charge is 2.48. The number of ether oxygens (including phenoxy) is 1. The maximum absolute atomic E-state index is 13.0. The molecule has 0 saturated carbocycles. The van der Waals surface area contributed by atoms with Gasteiger partial charge in [0.05, 0.1) is 24.5 Å². The number of carbonyl (C=O) groups is 3. The van der Waals surface area contributed by atoms with Crippen LogP contribution in [0.4, 0.5) is 13.2 Å². The predicted molar refractivity (Wildman–Crippen MR) is 118 cm³/mol. The number of imidazole rings is 1. The second kappa shape index (κ2) is 11.0. The topological polar surface area (TPSA) is 131 Å². The molecule has 1 saturated heterocycles. The summed E-state index contributed by atoms with van der Waals surface area (Å²) in [6, 6.07) is 1.67. The SMILES string of the molecule is CCN(CC)C(=O)C1Cn2ccnc2C2(CCN(C(=O)c3ccnnc3)CC2)O1.O=C(O)C(F)(F)F. The molecule has 0 radical (unpaired) electrons. The molecule has 1 unspecified atom stereocenters. The minimum absolute atomic E-state index is 0.00934. The third-order valence-corrected chi connectivity index (χ3v) is 6.14. The van der Waals surface area contributed by atoms with Gasteiger partial charge in [-0.1, -0.05) is 0 Å². The molecule has 11 nitrogen and oxygen atoms in total. The van der Waals surface area contributed by atoms with Crippen LogP contribution in [0, 0.1) is 0 Å². The Balaban J connectivity index is 0.000000454. The number of amides is 2. The van der Waals surface area contributed by atoms with Crippen LogP contribution >= 0.6 is 0 Å². The number of carboxylic acids is 1. The van der Waals surface area contributed by atoms with E-state index in [1.807, 2.05) is 24.6 Å². The molecular weight excluding hydrogens is 485 g/mol. The molecule has 2 aromatic rings. The van der Waals surface area contributed by atoms with Crippen LogP contribution < -0.4 is 0 Å². The van der Waals surface area contributed by atoms with Crippen molar-refractivity contribution in [3.8, 4) is 0 Å². The highest BCUT2D eigenvalue weighted by atomic mass is 19.4. The molecular formula is C22H27F3N6O5. The zero-order valence-corrected chi connectivity index (χ0v) is 19.8. The van der Waals surface area contributed by atoms with Gasteiger partial charge in [-0.2, -0.15) is 23.4 Å². The van der Waals surface area contributed by atoms with Crippen molar-refractivity contribution in [2.24, 2.45) is 0 Å². The second-order valence-electron chi connectivity index (χ2n) is 8.24. The van der Waals surface area contributed by atoms with Gasteiger partial charge in [-0.3, -0.25) is 9.59 Å². The number of fused-ring (bicyclic) bond motifs is 2. The van der Waals surface area contributed by atoms with Gasteiger partial charge >= 0.3 is 12.1 Å². The van der Waals surface area contributed by atoms with E-state index < -0.39 is 23.9 Å². The fraction of sp³-hybridized carbons (Fsp3) is 0.545. The molecule has 2 aliphatic rings. The molecule has 2 aromatic heterocycles. The smallest absolute Gasteiger partial charge is 0.475 e. The molecule has 1 N–H and O–H groups in total. The monoisotopic (exact) mass is 512 g/mol. The molecule has 1 fully saturated rings. The summed E-state index contributed by atoms with van der Waals surface area (Å²) >= 11 is 0. The first-order valence-electron chi connectivity index (χ1n) is 11.4. The third kappa shape index (κ3) is 5.80. The summed E-state index contributed by atoms with van der Waals surface area (Å²) in [6.45, 7) is 6.78. The van der Waals surface area contributed by atoms with Crippen molar-refractivity contribution in [3.63, 3.8) is 0 Å². The minimum atomic E-state index is -5.08. The minimum Gasteiger partial charge on any atom is -0.475 e. The molecule has 0 bridgehead atoms. The Hall–Kier alpha value is -3.55. The Bertz CT molecular complexity index is 1070. The molecule has 14 heteroatoms. The number of alkyl halides is 3. The Labute approximate surface area is 204 Å². The van der Waals surface area contributed by atoms with Gasteiger partial charge in [-0.25, -0.2) is 9.78 Å². The third-order valence-electron chi connectivity index (χ3n) is 6.14. The number of aromatic nitrogens is 4. The van der Waals surface area contributed by atoms with Crippen LogP contribution in [0.1, 0.15) is 42.9 Å². The lowest BCUT2D eigenvalue weighted by atomic mass is 9.88. The number of likely N-dealkylation sites (N-methyl/N-ethyl adjacent to an activating group) is 1. The zero-order valence-electron chi connectivity index (χ0n) is 19.8. The van der Waals surface area contributed by atoms with E-state index in [0.717, 1.165) is 5.82 Å². The highest BCUT2D eigenvalue weighted by molar-refractivity contribution is 5.93. The molecule has 2 amide bonds. The predicted octanol–water partition coefficient (Wildman–Crippen LogP) is 1.71. The van der Waals surface area contributed by atoms with Crippen LogP contribution in [0.15, 0.2) is 30.9 Å². The van der Waals surface area contributed by atoms with Crippen molar-refractivity contribution in [1.82, 2.24) is 29.5 Å². The fourth-order valence-corrected chi connectivity index (χ4v) is 4.28. The number of carboxylic acid groups (broad SMARTS) is 1. The van der Waals surface area contributed by atoms with Crippen LogP contribution in [-0.2, 0) is 26.5 Å². The average molecular weight is 512 g/mol. The molecule has 36 heavy (non-hydrogen) atoms. The number of hydrogen-bond acceptors (Lipinski definition) is 7. The Morgan fingerprint density at radius 3 is 2.33 bits per heavy atom. The first-order chi connectivity index (χ1) is 17.0. The van der Waals surface area contributed by atoms with Gasteiger partial charge in [0.25, 0.3) is 11.8 Å². The van der Waals surface area contributed by atoms with E-state index in [1.54, 1.807) is 22.1 Å². The standard InChI is InChI=1S/C20H26N6O3.C2HF3O2/c1-3-24(4-2)18(28)16-14-26-12-9-21-19(26)20(29-16)6-10-25(11-7-20)17(27)15-5-8-22-23-13-15;3-2(4,5)1(6)7/h5,8-9,12-13,16H,3-4,6-7,10-11,14H2,1-2H3;(H,6,7). The maximum Gasteiger partial charge on any atom is 0.490 e. The summed E-state index contributed by atoms with van der Waals surface area (Å²) in [6.07, 6.45) is 2.22. The summed E-state index contributed by atoms with van der Waals surface area (Å²) < 4.78 is 40.2. The average Bonchev–Trinajstić information content (AvgIpc) is 3.35. The number of halogens is 3. The van der Waals surface area contributed by atoms with Crippen LogP contribution in [0.25, 0.3) is 0 Å². The van der Waals surface area contributed by atoms with E-state index in [9.17, 15) is 22.8 Å². The van der Waals surface area contributed by atoms with Gasteiger partial charge in [0.15, 0.2) is 6.10 Å². The highest BCUT2D eigenvalue weighted by Crippen LogP contribution is 2.40. The number of aliphatic carboxylic acids is 1. The van der Waals surface area contributed by atoms with Crippen molar-refractivity contribution in [3.05, 3.63) is 42.2 Å². The number of rotatable bonds is 4. The summed E-state index contributed by atoms with van der Waals surface area (Å²) in [7, 11) is 0. The molecule has 1 atom stereocenters. The van der Waals surface area contributed by atoms with Gasteiger partial charge < -0.3 is 24.2 Å². The number of nitrogens with zero attached hydrogens (tertiary/aromatic N) is 6. The Kier molecular flexibility index (Phi) is 8.28. The molecule has 0 aromatic carbocycles. The van der Waals surface area contributed by atoms with Gasteiger partial charge in [0, 0.05) is 51.4 Å². The van der Waals surface area contributed by atoms with Gasteiger partial charge in [-0.15, -0.1) is 0 Å². The number of carbonyl (C=O) groups excluding carboxylic acids is 2. The van der Waals surface area contributed by atoms with Crippen molar-refractivity contribution in [1.29, 1.82) is 0 Å². The van der Waals surface area contributed by atoms with Crippen molar-refractivity contribution < 1.29 is 37.4 Å². The summed E-state index contributed by atoms with van der Waals surface area (Å²) in [5, 5.41) is 14.6. The lowest BCUT2D eigenvalue weighted by molar-refractivity contribution is -0.192. The van der Waals surface area contributed by atoms with Crippen LogP contribution in [-0.4, -0.2) is 90.9 Å². The van der Waals surface area contributed by atoms with E-state index in [-0.39, 0.29) is 11.8 Å². The molecule has 2 aliphatic heterocycles. The quantitative estimate of drug-likeness (QED) is 0.655. The molecule has 1 spiro atoms. The Morgan fingerprint density at radius 2 is 1.81 bits per heavy atom. The first-order valence-corrected chi connectivity index (χ1v) is 11.4. The lowest BCUT2D eigenvalue weighted by Crippen LogP contribution is -2.55. The zero-order chi connectivity index (χ0) is 26.5. The number of likely N-dealkylation sites (tertiary alicyclic amines) is 1. The Morgan fingerprint density at radius 1 is 1.17 bits per heavy atom. The lowest BCUT2D eigenvalue weighted by Gasteiger charge is -2.46. The molecule has 4 heterocycles. The first kappa shape index (κ1) is 27.0. The summed E-state index contributed by atoms with van der Waals surface area (Å²) in [5.74, 6) is -1.97. The van der Waals surface area contributed by atoms with Crippen LogP contribution in [0.3, 0.4) is 0 Å². The summed E-state index contributed by atoms with van der Waals surface area (Å²) in [5.41, 5.74) is -0.126. The van der Waals surface area contributed by atoms with E-state index in [1.165, 1.54) is 12.4 Å². The fourth-order valence-electron chi connectivity index (χ4n) is 4.28. The van der Waals surface area contributed by atoms with E-state index in [0.29, 0.717) is 51.1 Å². The molecule has 4 rings (SSSR count). The normalized spacial score (nSPS) is 18.6. The van der Waals surface area contributed by atoms with Crippen molar-refractivity contribution in [2.75, 3.05) is 26.2 Å². The van der Waals surface area contributed by atoms with Gasteiger partial charge in [0.2, 0.25) is 0 Å². The van der Waals surface area contributed by atoms with Gasteiger partial charge in [0.1, 0.15) is 11.4 Å². The van der Waals surface area contributed by atoms with E-state index in [4.69, 9.17) is 14.6 Å². The second-order valence-corrected chi connectivity index (χ2v) is 8.24. The molecule has 0 aliphatic carbocycles. The molecule has 196 valence electrons.